The van der Waals surface area contributed by atoms with Gasteiger partial charge in [-0.1, -0.05) is 24.3 Å². The lowest BCUT2D eigenvalue weighted by atomic mass is 10.1. The van der Waals surface area contributed by atoms with E-state index in [2.05, 4.69) is 15.4 Å². The number of hydrogen-bond donors (Lipinski definition) is 2. The van der Waals surface area contributed by atoms with Gasteiger partial charge in [0.05, 0.1) is 20.6 Å². The van der Waals surface area contributed by atoms with Crippen molar-refractivity contribution in [1.29, 1.82) is 0 Å². The Morgan fingerprint density at radius 2 is 1.74 bits per heavy atom. The average molecular weight is 314 g/mol. The molecule has 0 aliphatic heterocycles. The van der Waals surface area contributed by atoms with E-state index >= 15 is 0 Å². The van der Waals surface area contributed by atoms with Gasteiger partial charge < -0.3 is 20.1 Å². The molecule has 120 valence electrons. The van der Waals surface area contributed by atoms with Crippen molar-refractivity contribution in [1.82, 2.24) is 0 Å². The maximum absolute atomic E-state index is 12.1. The molecule has 0 unspecified atom stereocenters. The van der Waals surface area contributed by atoms with Crippen molar-refractivity contribution in [2.75, 3.05) is 24.9 Å². The second kappa shape index (κ2) is 7.84. The van der Waals surface area contributed by atoms with Crippen molar-refractivity contribution in [3.63, 3.8) is 0 Å². The van der Waals surface area contributed by atoms with E-state index in [1.807, 2.05) is 18.2 Å². The summed E-state index contributed by atoms with van der Waals surface area (Å²) in [7, 11) is 2.85. The number of anilines is 2. The third-order valence-corrected chi connectivity index (χ3v) is 3.16. The Bertz CT molecular complexity index is 686. The molecule has 23 heavy (non-hydrogen) atoms. The van der Waals surface area contributed by atoms with Gasteiger partial charge >= 0.3 is 12.0 Å². The van der Waals surface area contributed by atoms with E-state index in [0.717, 1.165) is 0 Å². The second-order valence-corrected chi connectivity index (χ2v) is 4.72. The van der Waals surface area contributed by atoms with Crippen LogP contribution in [0.2, 0.25) is 0 Å². The first-order valence-corrected chi connectivity index (χ1v) is 6.99. The van der Waals surface area contributed by atoms with Crippen LogP contribution in [0.5, 0.6) is 5.75 Å². The summed E-state index contributed by atoms with van der Waals surface area (Å²) in [6.45, 7) is 0. The summed E-state index contributed by atoms with van der Waals surface area (Å²) < 4.78 is 9.82. The maximum Gasteiger partial charge on any atom is 0.323 e. The number of methoxy groups -OCH3 is 2. The minimum Gasteiger partial charge on any atom is -0.497 e. The topological polar surface area (TPSA) is 76.7 Å². The third-order valence-electron chi connectivity index (χ3n) is 3.16. The number of carbonyl (C=O) groups excluding carboxylic acids is 2. The van der Waals surface area contributed by atoms with Crippen molar-refractivity contribution in [2.45, 2.75) is 6.42 Å². The summed E-state index contributed by atoms with van der Waals surface area (Å²) in [5.41, 5.74) is 1.80. The molecule has 0 radical (unpaired) electrons. The zero-order chi connectivity index (χ0) is 16.7. The molecule has 0 spiro atoms. The molecule has 0 aromatic heterocycles. The van der Waals surface area contributed by atoms with Crippen LogP contribution in [0, 0.1) is 0 Å². The van der Waals surface area contributed by atoms with Crippen LogP contribution in [0.1, 0.15) is 5.56 Å². The minimum atomic E-state index is -0.407. The molecule has 0 heterocycles. The highest BCUT2D eigenvalue weighted by molar-refractivity contribution is 6.00. The molecule has 2 aromatic carbocycles. The Balaban J connectivity index is 2.15. The zero-order valence-electron chi connectivity index (χ0n) is 13.0. The molecule has 0 bridgehead atoms. The smallest absolute Gasteiger partial charge is 0.323 e. The van der Waals surface area contributed by atoms with Crippen molar-refractivity contribution in [3.8, 4) is 5.75 Å². The van der Waals surface area contributed by atoms with Gasteiger partial charge in [0.1, 0.15) is 5.75 Å². The normalized spacial score (nSPS) is 9.83. The number of ether oxygens (including phenoxy) is 2. The van der Waals surface area contributed by atoms with Gasteiger partial charge in [0.25, 0.3) is 0 Å². The summed E-state index contributed by atoms with van der Waals surface area (Å²) in [5.74, 6) is 0.190. The maximum atomic E-state index is 12.1. The number of urea groups is 1. The fourth-order valence-corrected chi connectivity index (χ4v) is 1.99. The molecule has 0 fully saturated rings. The first-order chi connectivity index (χ1) is 11.1. The molecule has 0 saturated carbocycles. The molecule has 6 nitrogen and oxygen atoms in total. The summed E-state index contributed by atoms with van der Waals surface area (Å²) in [4.78, 5) is 23.6. The van der Waals surface area contributed by atoms with Crippen molar-refractivity contribution >= 4 is 23.4 Å². The number of carbonyl (C=O) groups is 2. The SMILES string of the molecule is COC(=O)Cc1ccc(OC)cc1NC(=O)Nc1ccccc1. The highest BCUT2D eigenvalue weighted by atomic mass is 16.5. The number of amides is 2. The minimum absolute atomic E-state index is 0.0570. The van der Waals surface area contributed by atoms with Crippen molar-refractivity contribution in [3.05, 3.63) is 54.1 Å². The summed E-state index contributed by atoms with van der Waals surface area (Å²) in [6, 6.07) is 13.7. The van der Waals surface area contributed by atoms with Gasteiger partial charge in [-0.05, 0) is 23.8 Å². The molecule has 2 aromatic rings. The highest BCUT2D eigenvalue weighted by Gasteiger charge is 2.12. The molecule has 0 aliphatic rings. The average Bonchev–Trinajstić information content (AvgIpc) is 2.57. The lowest BCUT2D eigenvalue weighted by molar-refractivity contribution is -0.139. The number of esters is 1. The fourth-order valence-electron chi connectivity index (χ4n) is 1.99. The first-order valence-electron chi connectivity index (χ1n) is 6.99. The van der Waals surface area contributed by atoms with Crippen LogP contribution in [0.15, 0.2) is 48.5 Å². The van der Waals surface area contributed by atoms with E-state index in [1.165, 1.54) is 14.2 Å². The van der Waals surface area contributed by atoms with E-state index in [4.69, 9.17) is 4.74 Å². The largest absolute Gasteiger partial charge is 0.497 e. The molecule has 0 aliphatic carbocycles. The molecule has 0 saturated heterocycles. The second-order valence-electron chi connectivity index (χ2n) is 4.72. The number of hydrogen-bond acceptors (Lipinski definition) is 4. The molecule has 2 rings (SSSR count). The van der Waals surface area contributed by atoms with E-state index in [0.29, 0.717) is 22.7 Å². The number of rotatable bonds is 5. The molecular weight excluding hydrogens is 296 g/mol. The zero-order valence-corrected chi connectivity index (χ0v) is 13.0. The molecule has 2 amide bonds. The summed E-state index contributed by atoms with van der Waals surface area (Å²) >= 11 is 0. The van der Waals surface area contributed by atoms with Gasteiger partial charge in [-0.2, -0.15) is 0 Å². The van der Waals surface area contributed by atoms with Gasteiger partial charge in [-0.25, -0.2) is 4.79 Å². The Kier molecular flexibility index (Phi) is 5.57. The highest BCUT2D eigenvalue weighted by Crippen LogP contribution is 2.23. The molecular formula is C17H18N2O4. The number of nitrogens with one attached hydrogen (secondary N) is 2. The first kappa shape index (κ1) is 16.4. The van der Waals surface area contributed by atoms with Crippen molar-refractivity contribution in [2.24, 2.45) is 0 Å². The number of para-hydroxylation sites is 1. The Morgan fingerprint density at radius 3 is 2.39 bits per heavy atom. The number of benzene rings is 2. The van der Waals surface area contributed by atoms with Gasteiger partial charge in [0.2, 0.25) is 0 Å². The van der Waals surface area contributed by atoms with Crippen LogP contribution in [0.25, 0.3) is 0 Å². The lowest BCUT2D eigenvalue weighted by Gasteiger charge is -2.13. The van der Waals surface area contributed by atoms with Crippen LogP contribution >= 0.6 is 0 Å². The van der Waals surface area contributed by atoms with E-state index < -0.39 is 6.03 Å². The van der Waals surface area contributed by atoms with Crippen LogP contribution in [-0.2, 0) is 16.0 Å². The van der Waals surface area contributed by atoms with E-state index in [9.17, 15) is 9.59 Å². The summed E-state index contributed by atoms with van der Waals surface area (Å²) in [5, 5.41) is 5.44. The summed E-state index contributed by atoms with van der Waals surface area (Å²) in [6.07, 6.45) is 0.0570. The quantitative estimate of drug-likeness (QED) is 0.832. The Labute approximate surface area is 134 Å². The van der Waals surface area contributed by atoms with Gasteiger partial charge in [-0.3, -0.25) is 4.79 Å². The third kappa shape index (κ3) is 4.74. The molecule has 2 N–H and O–H groups in total. The van der Waals surface area contributed by atoms with Crippen molar-refractivity contribution < 1.29 is 19.1 Å². The Hall–Kier alpha value is -3.02. The molecule has 6 heteroatoms. The lowest BCUT2D eigenvalue weighted by Crippen LogP contribution is -2.20. The predicted molar refractivity (Wildman–Crippen MR) is 87.8 cm³/mol. The van der Waals surface area contributed by atoms with Crippen LogP contribution in [0.3, 0.4) is 0 Å². The van der Waals surface area contributed by atoms with E-state index in [1.54, 1.807) is 30.3 Å². The van der Waals surface area contributed by atoms with Crippen LogP contribution in [0.4, 0.5) is 16.2 Å². The Morgan fingerprint density at radius 1 is 1.00 bits per heavy atom. The standard InChI is InChI=1S/C17H18N2O4/c1-22-14-9-8-12(10-16(20)23-2)15(11-14)19-17(21)18-13-6-4-3-5-7-13/h3-9,11H,10H2,1-2H3,(H2,18,19,21). The van der Waals surface area contributed by atoms with Crippen LogP contribution in [-0.4, -0.2) is 26.2 Å². The predicted octanol–water partition coefficient (Wildman–Crippen LogP) is 3.05. The van der Waals surface area contributed by atoms with Crippen LogP contribution < -0.4 is 15.4 Å². The fraction of sp³-hybridized carbons (Fsp3) is 0.176. The monoisotopic (exact) mass is 314 g/mol. The van der Waals surface area contributed by atoms with Gasteiger partial charge in [0.15, 0.2) is 0 Å². The van der Waals surface area contributed by atoms with Gasteiger partial charge in [-0.15, -0.1) is 0 Å². The van der Waals surface area contributed by atoms with Gasteiger partial charge in [0, 0.05) is 17.4 Å². The van der Waals surface area contributed by atoms with E-state index in [-0.39, 0.29) is 12.4 Å². The molecule has 0 atom stereocenters.